The molecule has 2 heterocycles. The zero-order valence-electron chi connectivity index (χ0n) is 10.6. The van der Waals surface area contributed by atoms with Crippen LogP contribution in [0.2, 0.25) is 0 Å². The monoisotopic (exact) mass is 259 g/mol. The molecule has 1 aliphatic rings. The van der Waals surface area contributed by atoms with Gasteiger partial charge in [0.15, 0.2) is 12.4 Å². The summed E-state index contributed by atoms with van der Waals surface area (Å²) in [7, 11) is 1.75. The number of amides is 1. The van der Waals surface area contributed by atoms with Crippen molar-refractivity contribution in [3.05, 3.63) is 23.9 Å². The van der Waals surface area contributed by atoms with Crippen LogP contribution in [0, 0.1) is 6.92 Å². The lowest BCUT2D eigenvalue weighted by atomic mass is 10.1. The Bertz CT molecular complexity index is 649. The molecule has 0 saturated heterocycles. The van der Waals surface area contributed by atoms with Crippen molar-refractivity contribution >= 4 is 17.6 Å². The highest BCUT2D eigenvalue weighted by molar-refractivity contribution is 5.96. The van der Waals surface area contributed by atoms with Gasteiger partial charge in [0, 0.05) is 12.6 Å². The Balaban J connectivity index is 2.03. The topological polar surface area (TPSA) is 76.4 Å². The molecule has 0 fully saturated rings. The third-order valence-corrected chi connectivity index (χ3v) is 2.89. The van der Waals surface area contributed by atoms with E-state index in [1.165, 1.54) is 0 Å². The molecule has 19 heavy (non-hydrogen) atoms. The number of aromatic nitrogens is 1. The average molecular weight is 259 g/mol. The molecule has 1 aromatic heterocycles. The Labute approximate surface area is 109 Å². The van der Waals surface area contributed by atoms with E-state index in [0.717, 1.165) is 11.3 Å². The summed E-state index contributed by atoms with van der Waals surface area (Å²) in [5.74, 6) is 1.18. The molecule has 0 unspecified atom stereocenters. The predicted molar refractivity (Wildman–Crippen MR) is 70.3 cm³/mol. The minimum atomic E-state index is -0.158. The summed E-state index contributed by atoms with van der Waals surface area (Å²) in [4.78, 5) is 15.5. The van der Waals surface area contributed by atoms with E-state index in [1.54, 1.807) is 7.05 Å². The fourth-order valence-electron chi connectivity index (χ4n) is 2.00. The van der Waals surface area contributed by atoms with Crippen molar-refractivity contribution in [2.45, 2.75) is 6.92 Å². The number of oxazole rings is 1. The van der Waals surface area contributed by atoms with E-state index in [4.69, 9.17) is 9.15 Å². The third kappa shape index (κ3) is 2.01. The first-order valence-corrected chi connectivity index (χ1v) is 5.89. The zero-order chi connectivity index (χ0) is 13.4. The summed E-state index contributed by atoms with van der Waals surface area (Å²) in [5.41, 5.74) is 2.28. The first-order chi connectivity index (χ1) is 9.17. The van der Waals surface area contributed by atoms with E-state index >= 15 is 0 Å². The molecule has 0 saturated carbocycles. The highest BCUT2D eigenvalue weighted by Gasteiger charge is 2.18. The number of hydrogen-bond acceptors (Lipinski definition) is 5. The number of aryl methyl sites for hydroxylation is 1. The summed E-state index contributed by atoms with van der Waals surface area (Å²) in [6.07, 6.45) is 0. The van der Waals surface area contributed by atoms with E-state index in [2.05, 4.69) is 15.6 Å². The Morgan fingerprint density at radius 1 is 1.42 bits per heavy atom. The van der Waals surface area contributed by atoms with Crippen molar-refractivity contribution in [1.82, 2.24) is 4.98 Å². The van der Waals surface area contributed by atoms with Crippen LogP contribution >= 0.6 is 0 Å². The lowest BCUT2D eigenvalue weighted by Gasteiger charge is -2.18. The molecule has 98 valence electrons. The van der Waals surface area contributed by atoms with Gasteiger partial charge in [0.05, 0.1) is 11.4 Å². The van der Waals surface area contributed by atoms with Gasteiger partial charge in [0.2, 0.25) is 0 Å². The summed E-state index contributed by atoms with van der Waals surface area (Å²) >= 11 is 0. The van der Waals surface area contributed by atoms with E-state index in [1.807, 2.05) is 25.1 Å². The highest BCUT2D eigenvalue weighted by atomic mass is 16.5. The summed E-state index contributed by atoms with van der Waals surface area (Å²) in [6, 6.07) is 5.97. The number of nitrogens with zero attached hydrogens (tertiary/aromatic N) is 1. The molecule has 1 aliphatic heterocycles. The third-order valence-electron chi connectivity index (χ3n) is 2.89. The number of ether oxygens (including phenoxy) is 1. The second-order valence-electron chi connectivity index (χ2n) is 4.23. The van der Waals surface area contributed by atoms with Gasteiger partial charge in [-0.3, -0.25) is 4.79 Å². The van der Waals surface area contributed by atoms with Crippen molar-refractivity contribution < 1.29 is 13.9 Å². The number of anilines is 2. The fourth-order valence-corrected chi connectivity index (χ4v) is 2.00. The van der Waals surface area contributed by atoms with Gasteiger partial charge in [-0.1, -0.05) is 0 Å². The standard InChI is InChI=1S/C13H13N3O3/c1-7-12(19-13(14-2)15-7)8-3-4-10-9(5-8)16-11(17)6-18-10/h3-5H,6H2,1-2H3,(H,14,15)(H,16,17). The summed E-state index contributed by atoms with van der Waals surface area (Å²) in [6.45, 7) is 1.92. The number of carbonyl (C=O) groups is 1. The molecule has 2 aromatic rings. The summed E-state index contributed by atoms with van der Waals surface area (Å²) in [5, 5.41) is 5.62. The number of carbonyl (C=O) groups excluding carboxylic acids is 1. The van der Waals surface area contributed by atoms with Gasteiger partial charge in [-0.05, 0) is 25.1 Å². The Morgan fingerprint density at radius 3 is 3.00 bits per heavy atom. The molecule has 0 bridgehead atoms. The Hall–Kier alpha value is -2.50. The number of hydrogen-bond donors (Lipinski definition) is 2. The molecule has 2 N–H and O–H groups in total. The largest absolute Gasteiger partial charge is 0.482 e. The number of fused-ring (bicyclic) bond motifs is 1. The van der Waals surface area contributed by atoms with Crippen LogP contribution in [0.15, 0.2) is 22.6 Å². The molecule has 0 spiro atoms. The molecule has 3 rings (SSSR count). The van der Waals surface area contributed by atoms with Crippen LogP contribution in [0.5, 0.6) is 5.75 Å². The van der Waals surface area contributed by atoms with Crippen molar-refractivity contribution in [3.8, 4) is 17.1 Å². The molecule has 6 nitrogen and oxygen atoms in total. The van der Waals surface area contributed by atoms with E-state index in [9.17, 15) is 4.79 Å². The van der Waals surface area contributed by atoms with Crippen LogP contribution in [0.4, 0.5) is 11.7 Å². The first-order valence-electron chi connectivity index (χ1n) is 5.89. The SMILES string of the molecule is CNc1nc(C)c(-c2ccc3c(c2)NC(=O)CO3)o1. The van der Waals surface area contributed by atoms with Crippen LogP contribution in [-0.4, -0.2) is 24.5 Å². The van der Waals surface area contributed by atoms with E-state index < -0.39 is 0 Å². The molecule has 0 radical (unpaired) electrons. The maximum absolute atomic E-state index is 11.3. The van der Waals surface area contributed by atoms with Crippen LogP contribution in [0.3, 0.4) is 0 Å². The Kier molecular flexibility index (Phi) is 2.63. The van der Waals surface area contributed by atoms with Crippen molar-refractivity contribution in [2.75, 3.05) is 24.3 Å². The second kappa shape index (κ2) is 4.31. The van der Waals surface area contributed by atoms with Gasteiger partial charge < -0.3 is 19.8 Å². The van der Waals surface area contributed by atoms with Gasteiger partial charge in [-0.25, -0.2) is 0 Å². The predicted octanol–water partition coefficient (Wildman–Crippen LogP) is 2.02. The van der Waals surface area contributed by atoms with Gasteiger partial charge in [-0.15, -0.1) is 0 Å². The maximum atomic E-state index is 11.3. The van der Waals surface area contributed by atoms with Crippen LogP contribution in [0.1, 0.15) is 5.69 Å². The van der Waals surface area contributed by atoms with E-state index in [-0.39, 0.29) is 12.5 Å². The minimum Gasteiger partial charge on any atom is -0.482 e. The van der Waals surface area contributed by atoms with Crippen LogP contribution < -0.4 is 15.4 Å². The Morgan fingerprint density at radius 2 is 2.26 bits per heavy atom. The summed E-state index contributed by atoms with van der Waals surface area (Å²) < 4.78 is 10.9. The normalized spacial score (nSPS) is 13.5. The molecular formula is C13H13N3O3. The van der Waals surface area contributed by atoms with Crippen molar-refractivity contribution in [2.24, 2.45) is 0 Å². The van der Waals surface area contributed by atoms with Gasteiger partial charge in [0.1, 0.15) is 5.75 Å². The highest BCUT2D eigenvalue weighted by Crippen LogP contribution is 2.34. The van der Waals surface area contributed by atoms with Gasteiger partial charge in [0.25, 0.3) is 11.9 Å². The fraction of sp³-hybridized carbons (Fsp3) is 0.231. The molecule has 1 amide bonds. The lowest BCUT2D eigenvalue weighted by Crippen LogP contribution is -2.25. The average Bonchev–Trinajstić information content (AvgIpc) is 2.79. The van der Waals surface area contributed by atoms with Gasteiger partial charge >= 0.3 is 0 Å². The van der Waals surface area contributed by atoms with Crippen LogP contribution in [0.25, 0.3) is 11.3 Å². The van der Waals surface area contributed by atoms with Crippen molar-refractivity contribution in [1.29, 1.82) is 0 Å². The number of benzene rings is 1. The number of nitrogens with one attached hydrogen (secondary N) is 2. The zero-order valence-corrected chi connectivity index (χ0v) is 10.6. The number of rotatable bonds is 2. The maximum Gasteiger partial charge on any atom is 0.295 e. The van der Waals surface area contributed by atoms with Crippen molar-refractivity contribution in [3.63, 3.8) is 0 Å². The molecule has 1 aromatic carbocycles. The second-order valence-corrected chi connectivity index (χ2v) is 4.23. The molecular weight excluding hydrogens is 246 g/mol. The molecule has 6 heteroatoms. The van der Waals surface area contributed by atoms with Crippen LogP contribution in [-0.2, 0) is 4.79 Å². The van der Waals surface area contributed by atoms with Gasteiger partial charge in [-0.2, -0.15) is 4.98 Å². The van der Waals surface area contributed by atoms with E-state index in [0.29, 0.717) is 23.2 Å². The quantitative estimate of drug-likeness (QED) is 0.862. The first kappa shape index (κ1) is 11.6. The minimum absolute atomic E-state index is 0.0532. The smallest absolute Gasteiger partial charge is 0.295 e. The lowest BCUT2D eigenvalue weighted by molar-refractivity contribution is -0.118. The molecule has 0 atom stereocenters. The molecule has 0 aliphatic carbocycles.